The van der Waals surface area contributed by atoms with Gasteiger partial charge >= 0.3 is 0 Å². The number of hydrogen-bond acceptors (Lipinski definition) is 5. The molecule has 0 saturated heterocycles. The highest BCUT2D eigenvalue weighted by molar-refractivity contribution is 7.99. The lowest BCUT2D eigenvalue weighted by atomic mass is 10.6. The van der Waals surface area contributed by atoms with E-state index in [-0.39, 0.29) is 0 Å². The van der Waals surface area contributed by atoms with Crippen molar-refractivity contribution in [3.8, 4) is 0 Å². The third kappa shape index (κ3) is 2.97. The number of aromatic nitrogens is 3. The van der Waals surface area contributed by atoms with Crippen LogP contribution in [0.4, 0.5) is 0 Å². The maximum absolute atomic E-state index is 5.50. The first-order valence-electron chi connectivity index (χ1n) is 4.51. The van der Waals surface area contributed by atoms with Gasteiger partial charge in [0.1, 0.15) is 5.82 Å². The van der Waals surface area contributed by atoms with Gasteiger partial charge in [0.05, 0.1) is 6.54 Å². The van der Waals surface area contributed by atoms with Crippen LogP contribution in [0.2, 0.25) is 0 Å². The normalized spacial score (nSPS) is 11.2. The largest absolute Gasteiger partial charge is 0.324 e. The molecule has 0 fully saturated rings. The molecule has 0 aromatic carbocycles. The smallest absolute Gasteiger partial charge is 0.191 e. The second-order valence-electron chi connectivity index (χ2n) is 3.31. The minimum Gasteiger partial charge on any atom is -0.324 e. The average molecular weight is 215 g/mol. The molecule has 0 aliphatic rings. The highest BCUT2D eigenvalue weighted by Gasteiger charge is 2.06. The summed E-state index contributed by atoms with van der Waals surface area (Å²) in [6, 6.07) is 0. The van der Waals surface area contributed by atoms with Crippen molar-refractivity contribution >= 4 is 11.8 Å². The Balaban J connectivity index is 2.46. The van der Waals surface area contributed by atoms with E-state index >= 15 is 0 Å². The van der Waals surface area contributed by atoms with Crippen LogP contribution in [-0.2, 0) is 13.6 Å². The third-order valence-electron chi connectivity index (χ3n) is 1.88. The number of nitrogens with zero attached hydrogens (tertiary/aromatic N) is 4. The Kier molecular flexibility index (Phi) is 4.37. The van der Waals surface area contributed by atoms with Gasteiger partial charge < -0.3 is 15.2 Å². The second-order valence-corrected chi connectivity index (χ2v) is 4.38. The van der Waals surface area contributed by atoms with Gasteiger partial charge in [-0.15, -0.1) is 10.2 Å². The Morgan fingerprint density at radius 1 is 1.43 bits per heavy atom. The van der Waals surface area contributed by atoms with E-state index in [2.05, 4.69) is 29.2 Å². The Morgan fingerprint density at radius 3 is 2.64 bits per heavy atom. The summed E-state index contributed by atoms with van der Waals surface area (Å²) < 4.78 is 1.94. The molecule has 0 aliphatic heterocycles. The van der Waals surface area contributed by atoms with Gasteiger partial charge in [0.15, 0.2) is 5.16 Å². The number of hydrogen-bond donors (Lipinski definition) is 1. The molecule has 0 atom stereocenters. The predicted octanol–water partition coefficient (Wildman–Crippen LogP) is -0.0725. The monoisotopic (exact) mass is 215 g/mol. The van der Waals surface area contributed by atoms with Crippen LogP contribution in [0.25, 0.3) is 0 Å². The quantitative estimate of drug-likeness (QED) is 0.697. The van der Waals surface area contributed by atoms with Gasteiger partial charge in [0.25, 0.3) is 0 Å². The minimum atomic E-state index is 0.442. The number of nitrogens with two attached hydrogens (primary N) is 1. The maximum atomic E-state index is 5.50. The zero-order chi connectivity index (χ0) is 10.6. The van der Waals surface area contributed by atoms with Gasteiger partial charge in [0, 0.05) is 19.3 Å². The molecule has 0 aliphatic carbocycles. The molecule has 1 rings (SSSR count). The summed E-state index contributed by atoms with van der Waals surface area (Å²) in [5.41, 5.74) is 5.50. The Labute approximate surface area is 88.7 Å². The summed E-state index contributed by atoms with van der Waals surface area (Å²) in [7, 11) is 6.06. The molecule has 1 heterocycles. The predicted molar refractivity (Wildman–Crippen MR) is 58.2 cm³/mol. The Bertz CT molecular complexity index is 283. The van der Waals surface area contributed by atoms with Crippen LogP contribution in [0.1, 0.15) is 5.82 Å². The highest BCUT2D eigenvalue weighted by atomic mass is 32.2. The van der Waals surface area contributed by atoms with Gasteiger partial charge in [-0.3, -0.25) is 0 Å². The molecule has 0 unspecified atom stereocenters. The van der Waals surface area contributed by atoms with Crippen molar-refractivity contribution in [3.63, 3.8) is 0 Å². The maximum Gasteiger partial charge on any atom is 0.191 e. The van der Waals surface area contributed by atoms with Crippen molar-refractivity contribution in [2.24, 2.45) is 12.8 Å². The van der Waals surface area contributed by atoms with E-state index in [0.29, 0.717) is 6.54 Å². The topological polar surface area (TPSA) is 60.0 Å². The van der Waals surface area contributed by atoms with Crippen molar-refractivity contribution in [2.75, 3.05) is 26.4 Å². The first-order valence-corrected chi connectivity index (χ1v) is 5.49. The molecule has 6 heteroatoms. The van der Waals surface area contributed by atoms with Gasteiger partial charge in [0.2, 0.25) is 0 Å². The Morgan fingerprint density at radius 2 is 2.14 bits per heavy atom. The fraction of sp³-hybridized carbons (Fsp3) is 0.750. The zero-order valence-corrected chi connectivity index (χ0v) is 9.71. The summed E-state index contributed by atoms with van der Waals surface area (Å²) in [6.45, 7) is 1.48. The van der Waals surface area contributed by atoms with Crippen LogP contribution in [0.15, 0.2) is 5.16 Å². The van der Waals surface area contributed by atoms with Crippen LogP contribution >= 0.6 is 11.8 Å². The lowest BCUT2D eigenvalue weighted by Gasteiger charge is -2.08. The molecular formula is C8H17N5S. The molecule has 1 aromatic rings. The third-order valence-corrected chi connectivity index (χ3v) is 2.88. The minimum absolute atomic E-state index is 0.442. The van der Waals surface area contributed by atoms with E-state index in [4.69, 9.17) is 5.73 Å². The molecule has 0 spiro atoms. The highest BCUT2D eigenvalue weighted by Crippen LogP contribution is 2.14. The van der Waals surface area contributed by atoms with Crippen LogP contribution in [-0.4, -0.2) is 46.1 Å². The lowest BCUT2D eigenvalue weighted by molar-refractivity contribution is 0.437. The van der Waals surface area contributed by atoms with Crippen LogP contribution in [0.3, 0.4) is 0 Å². The Hall–Kier alpha value is -0.590. The van der Waals surface area contributed by atoms with Crippen LogP contribution < -0.4 is 5.73 Å². The van der Waals surface area contributed by atoms with Gasteiger partial charge in [-0.05, 0) is 14.1 Å². The van der Waals surface area contributed by atoms with Crippen LogP contribution in [0, 0.1) is 0 Å². The molecular weight excluding hydrogens is 198 g/mol. The molecule has 0 saturated carbocycles. The molecule has 1 aromatic heterocycles. The molecule has 80 valence electrons. The molecule has 0 radical (unpaired) electrons. The van der Waals surface area contributed by atoms with Gasteiger partial charge in [-0.25, -0.2) is 0 Å². The summed E-state index contributed by atoms with van der Waals surface area (Å²) >= 11 is 1.70. The standard InChI is InChI=1S/C8H17N5S/c1-12(2)4-5-14-8-11-10-7(6-9)13(8)3/h4-6,9H2,1-3H3. The van der Waals surface area contributed by atoms with Crippen molar-refractivity contribution in [1.29, 1.82) is 0 Å². The molecule has 0 bridgehead atoms. The van der Waals surface area contributed by atoms with Gasteiger partial charge in [-0.1, -0.05) is 11.8 Å². The number of thioether (sulfide) groups is 1. The molecule has 2 N–H and O–H groups in total. The van der Waals surface area contributed by atoms with E-state index in [1.165, 1.54) is 0 Å². The fourth-order valence-corrected chi connectivity index (χ4v) is 2.00. The number of rotatable bonds is 5. The second kappa shape index (κ2) is 5.33. The summed E-state index contributed by atoms with van der Waals surface area (Å²) in [5.74, 6) is 1.85. The summed E-state index contributed by atoms with van der Waals surface area (Å²) in [4.78, 5) is 2.15. The molecule has 14 heavy (non-hydrogen) atoms. The summed E-state index contributed by atoms with van der Waals surface area (Å²) in [5, 5.41) is 8.98. The fourth-order valence-electron chi connectivity index (χ4n) is 0.968. The SMILES string of the molecule is CN(C)CCSc1nnc(CN)n1C. The first-order chi connectivity index (χ1) is 6.65. The summed E-state index contributed by atoms with van der Waals surface area (Å²) in [6.07, 6.45) is 0. The van der Waals surface area contributed by atoms with Gasteiger partial charge in [-0.2, -0.15) is 0 Å². The van der Waals surface area contributed by atoms with E-state index in [1.54, 1.807) is 11.8 Å². The van der Waals surface area contributed by atoms with Crippen molar-refractivity contribution < 1.29 is 0 Å². The van der Waals surface area contributed by atoms with Crippen molar-refractivity contribution in [3.05, 3.63) is 5.82 Å². The average Bonchev–Trinajstić information content (AvgIpc) is 2.47. The van der Waals surface area contributed by atoms with Crippen molar-refractivity contribution in [2.45, 2.75) is 11.7 Å². The molecule has 5 nitrogen and oxygen atoms in total. The van der Waals surface area contributed by atoms with E-state index in [0.717, 1.165) is 23.3 Å². The first kappa shape index (κ1) is 11.5. The van der Waals surface area contributed by atoms with E-state index < -0.39 is 0 Å². The van der Waals surface area contributed by atoms with Crippen LogP contribution in [0.5, 0.6) is 0 Å². The van der Waals surface area contributed by atoms with E-state index in [9.17, 15) is 0 Å². The van der Waals surface area contributed by atoms with Crippen molar-refractivity contribution in [1.82, 2.24) is 19.7 Å². The van der Waals surface area contributed by atoms with E-state index in [1.807, 2.05) is 11.6 Å². The molecule has 0 amide bonds. The zero-order valence-electron chi connectivity index (χ0n) is 8.90. The lowest BCUT2D eigenvalue weighted by Crippen LogP contribution is -2.15.